The number of para-hydroxylation sites is 1. The van der Waals surface area contributed by atoms with Crippen molar-refractivity contribution >= 4 is 17.5 Å². The highest BCUT2D eigenvalue weighted by Gasteiger charge is 2.19. The Morgan fingerprint density at radius 1 is 1.00 bits per heavy atom. The highest BCUT2D eigenvalue weighted by atomic mass is 32.2. The summed E-state index contributed by atoms with van der Waals surface area (Å²) in [5.41, 5.74) is 3.83. The van der Waals surface area contributed by atoms with Crippen molar-refractivity contribution in [1.82, 2.24) is 19.3 Å². The van der Waals surface area contributed by atoms with Crippen LogP contribution in [-0.2, 0) is 13.2 Å². The molecule has 2 aromatic heterocycles. The van der Waals surface area contributed by atoms with Gasteiger partial charge in [-0.25, -0.2) is 0 Å². The molecule has 4 rings (SSSR count). The molecule has 8 heteroatoms. The smallest absolute Gasteiger partial charge is 0.196 e. The number of ether oxygens (including phenoxy) is 2. The number of rotatable bonds is 11. The Morgan fingerprint density at radius 3 is 2.40 bits per heavy atom. The molecule has 0 aliphatic heterocycles. The number of carbonyl (C=O) groups is 1. The number of hydrogen-bond acceptors (Lipinski definition) is 6. The summed E-state index contributed by atoms with van der Waals surface area (Å²) in [7, 11) is 1.63. The van der Waals surface area contributed by atoms with E-state index < -0.39 is 0 Å². The number of benzene rings is 2. The van der Waals surface area contributed by atoms with Gasteiger partial charge in [0.25, 0.3) is 0 Å². The van der Waals surface area contributed by atoms with E-state index in [1.807, 2.05) is 79.1 Å². The second-order valence-corrected chi connectivity index (χ2v) is 9.12. The maximum absolute atomic E-state index is 13.1. The predicted octanol–water partition coefficient (Wildman–Crippen LogP) is 5.66. The first-order valence-corrected chi connectivity index (χ1v) is 12.6. The highest BCUT2D eigenvalue weighted by Crippen LogP contribution is 2.26. The van der Waals surface area contributed by atoms with Crippen LogP contribution in [0.4, 0.5) is 0 Å². The van der Waals surface area contributed by atoms with Crippen molar-refractivity contribution in [1.29, 1.82) is 0 Å². The molecule has 35 heavy (non-hydrogen) atoms. The average Bonchev–Trinajstić information content (AvgIpc) is 3.42. The highest BCUT2D eigenvalue weighted by molar-refractivity contribution is 7.99. The molecular formula is C27H30N4O3S. The minimum absolute atomic E-state index is 0.0871. The first kappa shape index (κ1) is 24.6. The molecule has 2 heterocycles. The van der Waals surface area contributed by atoms with Crippen LogP contribution in [0, 0.1) is 13.8 Å². The number of aryl methyl sites for hydroxylation is 1. The zero-order valence-electron chi connectivity index (χ0n) is 20.5. The van der Waals surface area contributed by atoms with Gasteiger partial charge in [-0.1, -0.05) is 36.9 Å². The number of aromatic nitrogens is 4. The topological polar surface area (TPSA) is 71.2 Å². The monoisotopic (exact) mass is 490 g/mol. The van der Waals surface area contributed by atoms with E-state index in [4.69, 9.17) is 9.47 Å². The third-order valence-corrected chi connectivity index (χ3v) is 6.72. The molecule has 0 radical (unpaired) electrons. The Balaban J connectivity index is 1.53. The molecule has 0 aliphatic rings. The molecule has 0 atom stereocenters. The van der Waals surface area contributed by atoms with Gasteiger partial charge in [-0.05, 0) is 62.7 Å². The van der Waals surface area contributed by atoms with Gasteiger partial charge < -0.3 is 14.0 Å². The zero-order valence-corrected chi connectivity index (χ0v) is 21.3. The lowest BCUT2D eigenvalue weighted by Gasteiger charge is -2.11. The van der Waals surface area contributed by atoms with Crippen molar-refractivity contribution in [3.8, 4) is 17.2 Å². The van der Waals surface area contributed by atoms with Crippen molar-refractivity contribution in [3.63, 3.8) is 0 Å². The van der Waals surface area contributed by atoms with Gasteiger partial charge in [0.1, 0.15) is 18.1 Å². The van der Waals surface area contributed by atoms with Crippen molar-refractivity contribution in [3.05, 3.63) is 83.4 Å². The first-order valence-electron chi connectivity index (χ1n) is 11.6. The molecule has 0 unspecified atom stereocenters. The fraction of sp³-hybridized carbons (Fsp3) is 0.296. The predicted molar refractivity (Wildman–Crippen MR) is 138 cm³/mol. The molecule has 0 saturated heterocycles. The summed E-state index contributed by atoms with van der Waals surface area (Å²) in [6.07, 6.45) is 1.03. The number of carbonyl (C=O) groups excluding carboxylic acids is 1. The van der Waals surface area contributed by atoms with Gasteiger partial charge in [-0.2, -0.15) is 0 Å². The molecular weight excluding hydrogens is 460 g/mol. The summed E-state index contributed by atoms with van der Waals surface area (Å²) in [4.78, 5) is 13.1. The van der Waals surface area contributed by atoms with E-state index in [2.05, 4.69) is 21.7 Å². The SMILES string of the molecule is CCCn1c(C)cc(C(=O)CSc2nnc(COc3ccc(OC)cc3)n2-c2ccccc2)c1C. The van der Waals surface area contributed by atoms with E-state index in [1.54, 1.807) is 7.11 Å². The molecule has 7 nitrogen and oxygen atoms in total. The van der Waals surface area contributed by atoms with Crippen molar-refractivity contribution in [2.75, 3.05) is 12.9 Å². The van der Waals surface area contributed by atoms with Gasteiger partial charge in [-0.3, -0.25) is 9.36 Å². The molecule has 0 fully saturated rings. The number of methoxy groups -OCH3 is 1. The lowest BCUT2D eigenvalue weighted by Crippen LogP contribution is -2.09. The molecule has 182 valence electrons. The number of Topliss-reactive ketones (excluding diaryl/α,β-unsaturated/α-hetero) is 1. The van der Waals surface area contributed by atoms with Gasteiger partial charge in [0.15, 0.2) is 16.8 Å². The van der Waals surface area contributed by atoms with Gasteiger partial charge >= 0.3 is 0 Å². The van der Waals surface area contributed by atoms with Crippen LogP contribution in [0.25, 0.3) is 5.69 Å². The van der Waals surface area contributed by atoms with Crippen LogP contribution in [0.5, 0.6) is 11.5 Å². The van der Waals surface area contributed by atoms with E-state index in [9.17, 15) is 4.79 Å². The lowest BCUT2D eigenvalue weighted by atomic mass is 10.2. The molecule has 0 aliphatic carbocycles. The Morgan fingerprint density at radius 2 is 1.71 bits per heavy atom. The Hall–Kier alpha value is -3.52. The molecule has 0 bridgehead atoms. The zero-order chi connectivity index (χ0) is 24.8. The van der Waals surface area contributed by atoms with E-state index in [1.165, 1.54) is 11.8 Å². The van der Waals surface area contributed by atoms with E-state index in [0.29, 0.717) is 16.7 Å². The summed E-state index contributed by atoms with van der Waals surface area (Å²) in [6.45, 7) is 7.36. The average molecular weight is 491 g/mol. The van der Waals surface area contributed by atoms with Crippen molar-refractivity contribution in [2.24, 2.45) is 0 Å². The van der Waals surface area contributed by atoms with E-state index in [0.717, 1.165) is 41.4 Å². The molecule has 0 N–H and O–H groups in total. The maximum atomic E-state index is 13.1. The van der Waals surface area contributed by atoms with Gasteiger partial charge in [0, 0.05) is 29.2 Å². The van der Waals surface area contributed by atoms with E-state index >= 15 is 0 Å². The summed E-state index contributed by atoms with van der Waals surface area (Å²) >= 11 is 1.39. The van der Waals surface area contributed by atoms with Gasteiger partial charge in [-0.15, -0.1) is 10.2 Å². The third kappa shape index (κ3) is 5.59. The van der Waals surface area contributed by atoms with Crippen molar-refractivity contribution < 1.29 is 14.3 Å². The number of ketones is 1. The molecule has 4 aromatic rings. The summed E-state index contributed by atoms with van der Waals surface area (Å²) in [5.74, 6) is 2.50. The van der Waals surface area contributed by atoms with Crippen LogP contribution in [0.3, 0.4) is 0 Å². The molecule has 0 saturated carbocycles. The van der Waals surface area contributed by atoms with Crippen molar-refractivity contribution in [2.45, 2.75) is 45.5 Å². The molecule has 0 amide bonds. The first-order chi connectivity index (χ1) is 17.0. The number of thioether (sulfide) groups is 1. The quantitative estimate of drug-likeness (QED) is 0.200. The van der Waals surface area contributed by atoms with Gasteiger partial charge in [0.05, 0.1) is 12.9 Å². The summed E-state index contributed by atoms with van der Waals surface area (Å²) in [5, 5.41) is 9.42. The van der Waals surface area contributed by atoms with Crippen LogP contribution >= 0.6 is 11.8 Å². The second kappa shape index (κ2) is 11.3. The van der Waals surface area contributed by atoms with Gasteiger partial charge in [0.2, 0.25) is 0 Å². The Bertz CT molecular complexity index is 1280. The largest absolute Gasteiger partial charge is 0.497 e. The van der Waals surface area contributed by atoms with Crippen LogP contribution in [0.15, 0.2) is 65.8 Å². The fourth-order valence-electron chi connectivity index (χ4n) is 4.00. The standard InChI is InChI=1S/C27H30N4O3S/c1-5-15-30-19(2)16-24(20(30)3)25(32)18-35-27-29-28-26(31(27)21-9-7-6-8-10-21)17-34-23-13-11-22(33-4)12-14-23/h6-14,16H,5,15,17-18H2,1-4H3. The molecule has 2 aromatic carbocycles. The Labute approximate surface area is 210 Å². The van der Waals surface area contributed by atoms with Crippen LogP contribution in [-0.4, -0.2) is 38.0 Å². The number of hydrogen-bond donors (Lipinski definition) is 0. The van der Waals surface area contributed by atoms with E-state index in [-0.39, 0.29) is 18.1 Å². The third-order valence-electron chi connectivity index (χ3n) is 5.80. The minimum Gasteiger partial charge on any atom is -0.497 e. The van der Waals surface area contributed by atoms with Crippen LogP contribution in [0.2, 0.25) is 0 Å². The molecule has 0 spiro atoms. The fourth-order valence-corrected chi connectivity index (χ4v) is 4.86. The minimum atomic E-state index is 0.0871. The summed E-state index contributed by atoms with van der Waals surface area (Å²) < 4.78 is 15.3. The summed E-state index contributed by atoms with van der Waals surface area (Å²) in [6, 6.07) is 19.3. The lowest BCUT2D eigenvalue weighted by molar-refractivity contribution is 0.102. The second-order valence-electron chi connectivity index (χ2n) is 8.18. The van der Waals surface area contributed by atoms with Crippen LogP contribution < -0.4 is 9.47 Å². The normalized spacial score (nSPS) is 11.0. The number of nitrogens with zero attached hydrogens (tertiary/aromatic N) is 4. The Kier molecular flexibility index (Phi) is 7.92. The maximum Gasteiger partial charge on any atom is 0.196 e. The van der Waals surface area contributed by atoms with Crippen LogP contribution in [0.1, 0.15) is 40.9 Å².